The minimum absolute atomic E-state index is 0.00605. The molecule has 0 saturated heterocycles. The van der Waals surface area contributed by atoms with E-state index in [9.17, 15) is 14.0 Å². The molecule has 0 spiro atoms. The second-order valence-corrected chi connectivity index (χ2v) is 6.41. The zero-order chi connectivity index (χ0) is 19.3. The number of nitrogen functional groups attached to an aromatic ring is 1. The summed E-state index contributed by atoms with van der Waals surface area (Å²) in [5.74, 6) is -1.58. The molecule has 0 saturated carbocycles. The van der Waals surface area contributed by atoms with Crippen LogP contribution in [0.4, 0.5) is 10.1 Å². The van der Waals surface area contributed by atoms with Gasteiger partial charge in [-0.1, -0.05) is 35.3 Å². The molecule has 0 fully saturated rings. The Labute approximate surface area is 160 Å². The van der Waals surface area contributed by atoms with Gasteiger partial charge in [0, 0.05) is 11.6 Å². The molecule has 0 unspecified atom stereocenters. The topological polar surface area (TPSA) is 81.4 Å². The fraction of sp³-hybridized carbons (Fsp3) is 0.222. The van der Waals surface area contributed by atoms with Crippen LogP contribution in [0.3, 0.4) is 0 Å². The summed E-state index contributed by atoms with van der Waals surface area (Å²) in [4.78, 5) is 24.2. The molecule has 8 heteroatoms. The van der Waals surface area contributed by atoms with Crippen molar-refractivity contribution >= 4 is 40.8 Å². The first-order chi connectivity index (χ1) is 12.3. The molecule has 0 bridgehead atoms. The number of amides is 1. The highest BCUT2D eigenvalue weighted by molar-refractivity contribution is 6.37. The van der Waals surface area contributed by atoms with E-state index in [1.807, 2.05) is 0 Å². The monoisotopic (exact) mass is 398 g/mol. The molecule has 0 aliphatic heterocycles. The first kappa shape index (κ1) is 20.0. The summed E-state index contributed by atoms with van der Waals surface area (Å²) in [5, 5.41) is 3.00. The molecular formula is C18H17Cl2FN2O3. The lowest BCUT2D eigenvalue weighted by Gasteiger charge is -2.15. The minimum Gasteiger partial charge on any atom is -0.449 e. The number of anilines is 1. The Kier molecular flexibility index (Phi) is 6.83. The van der Waals surface area contributed by atoms with Crippen LogP contribution >= 0.6 is 23.2 Å². The van der Waals surface area contributed by atoms with E-state index in [0.29, 0.717) is 13.0 Å². The molecule has 2 rings (SSSR count). The van der Waals surface area contributed by atoms with Gasteiger partial charge in [0.05, 0.1) is 16.3 Å². The smallest absolute Gasteiger partial charge is 0.341 e. The Balaban J connectivity index is 1.88. The maximum Gasteiger partial charge on any atom is 0.341 e. The van der Waals surface area contributed by atoms with Crippen molar-refractivity contribution in [3.8, 4) is 0 Å². The lowest BCUT2D eigenvalue weighted by Crippen LogP contribution is -2.37. The maximum atomic E-state index is 12.8. The Morgan fingerprint density at radius 1 is 1.23 bits per heavy atom. The van der Waals surface area contributed by atoms with Crippen LogP contribution in [0.5, 0.6) is 0 Å². The van der Waals surface area contributed by atoms with Gasteiger partial charge in [-0.25, -0.2) is 9.18 Å². The SMILES string of the molecule is C[C@H](OC(=O)c1cc(Cl)cc(Cl)c1N)C(=O)NCCc1ccc(F)cc1. The van der Waals surface area contributed by atoms with Gasteiger partial charge < -0.3 is 15.8 Å². The van der Waals surface area contributed by atoms with Crippen molar-refractivity contribution in [3.63, 3.8) is 0 Å². The molecule has 0 aliphatic carbocycles. The molecule has 0 heterocycles. The summed E-state index contributed by atoms with van der Waals surface area (Å²) in [7, 11) is 0. The zero-order valence-corrected chi connectivity index (χ0v) is 15.4. The quantitative estimate of drug-likeness (QED) is 0.574. The third-order valence-corrected chi connectivity index (χ3v) is 4.12. The third kappa shape index (κ3) is 5.34. The van der Waals surface area contributed by atoms with Gasteiger partial charge in [-0.05, 0) is 43.2 Å². The average Bonchev–Trinajstić information content (AvgIpc) is 2.59. The van der Waals surface area contributed by atoms with Crippen molar-refractivity contribution < 1.29 is 18.7 Å². The van der Waals surface area contributed by atoms with Crippen molar-refractivity contribution in [1.29, 1.82) is 0 Å². The lowest BCUT2D eigenvalue weighted by atomic mass is 10.1. The number of carbonyl (C=O) groups excluding carboxylic acids is 2. The van der Waals surface area contributed by atoms with Crippen LogP contribution in [0.2, 0.25) is 10.0 Å². The zero-order valence-electron chi connectivity index (χ0n) is 13.9. The van der Waals surface area contributed by atoms with Crippen LogP contribution < -0.4 is 11.1 Å². The molecule has 5 nitrogen and oxygen atoms in total. The number of halogens is 3. The Morgan fingerprint density at radius 3 is 2.54 bits per heavy atom. The van der Waals surface area contributed by atoms with Gasteiger partial charge >= 0.3 is 5.97 Å². The summed E-state index contributed by atoms with van der Waals surface area (Å²) in [6, 6.07) is 8.70. The first-order valence-corrected chi connectivity index (χ1v) is 8.51. The summed E-state index contributed by atoms with van der Waals surface area (Å²) in [6.45, 7) is 1.75. The fourth-order valence-corrected chi connectivity index (χ4v) is 2.65. The van der Waals surface area contributed by atoms with Gasteiger partial charge in [-0.3, -0.25) is 4.79 Å². The van der Waals surface area contributed by atoms with E-state index in [2.05, 4.69) is 5.32 Å². The van der Waals surface area contributed by atoms with Crippen LogP contribution in [-0.2, 0) is 16.0 Å². The Morgan fingerprint density at radius 2 is 1.88 bits per heavy atom. The molecule has 0 aliphatic rings. The van der Waals surface area contributed by atoms with E-state index >= 15 is 0 Å². The highest BCUT2D eigenvalue weighted by Gasteiger charge is 2.21. The minimum atomic E-state index is -1.03. The highest BCUT2D eigenvalue weighted by Crippen LogP contribution is 2.28. The standard InChI is InChI=1S/C18H17Cl2FN2O3/c1-10(17(24)23-7-6-11-2-4-13(21)5-3-11)26-18(25)14-8-12(19)9-15(20)16(14)22/h2-5,8-10H,6-7,22H2,1H3,(H,23,24)/t10-/m0/s1. The Bertz CT molecular complexity index is 813. The van der Waals surface area contributed by atoms with Gasteiger partial charge in [0.25, 0.3) is 5.91 Å². The van der Waals surface area contributed by atoms with E-state index in [4.69, 9.17) is 33.7 Å². The van der Waals surface area contributed by atoms with Gasteiger partial charge in [0.2, 0.25) is 0 Å². The van der Waals surface area contributed by atoms with E-state index in [1.165, 1.54) is 31.2 Å². The fourth-order valence-electron chi connectivity index (χ4n) is 2.16. The predicted molar refractivity (Wildman–Crippen MR) is 98.9 cm³/mol. The summed E-state index contributed by atoms with van der Waals surface area (Å²) < 4.78 is 17.9. The van der Waals surface area contributed by atoms with E-state index in [0.717, 1.165) is 5.56 Å². The van der Waals surface area contributed by atoms with Crippen molar-refractivity contribution in [2.24, 2.45) is 0 Å². The Hall–Kier alpha value is -2.31. The molecule has 3 N–H and O–H groups in total. The highest BCUT2D eigenvalue weighted by atomic mass is 35.5. The first-order valence-electron chi connectivity index (χ1n) is 7.75. The van der Waals surface area contributed by atoms with Crippen LogP contribution in [0.15, 0.2) is 36.4 Å². The molecular weight excluding hydrogens is 382 g/mol. The number of hydrogen-bond acceptors (Lipinski definition) is 4. The average molecular weight is 399 g/mol. The van der Waals surface area contributed by atoms with E-state index in [1.54, 1.807) is 12.1 Å². The number of rotatable bonds is 6. The number of benzene rings is 2. The summed E-state index contributed by atoms with van der Waals surface area (Å²) in [5.41, 5.74) is 6.64. The van der Waals surface area contributed by atoms with Crippen molar-refractivity contribution in [2.45, 2.75) is 19.4 Å². The number of esters is 1. The predicted octanol–water partition coefficient (Wildman–Crippen LogP) is 3.62. The lowest BCUT2D eigenvalue weighted by molar-refractivity contribution is -0.129. The van der Waals surface area contributed by atoms with E-state index < -0.39 is 18.0 Å². The van der Waals surface area contributed by atoms with Crippen molar-refractivity contribution in [2.75, 3.05) is 12.3 Å². The van der Waals surface area contributed by atoms with Gasteiger partial charge in [-0.15, -0.1) is 0 Å². The summed E-state index contributed by atoms with van der Waals surface area (Å²) >= 11 is 11.7. The van der Waals surface area contributed by atoms with Gasteiger partial charge in [-0.2, -0.15) is 0 Å². The number of nitrogens with one attached hydrogen (secondary N) is 1. The number of hydrogen-bond donors (Lipinski definition) is 2. The molecule has 0 radical (unpaired) electrons. The molecule has 26 heavy (non-hydrogen) atoms. The second-order valence-electron chi connectivity index (χ2n) is 5.56. The number of ether oxygens (including phenoxy) is 1. The molecule has 1 atom stereocenters. The summed E-state index contributed by atoms with van der Waals surface area (Å²) in [6.07, 6.45) is -0.517. The van der Waals surface area contributed by atoms with Crippen LogP contribution in [0.1, 0.15) is 22.8 Å². The van der Waals surface area contributed by atoms with Crippen LogP contribution in [-0.4, -0.2) is 24.5 Å². The largest absolute Gasteiger partial charge is 0.449 e. The van der Waals surface area contributed by atoms with Gasteiger partial charge in [0.15, 0.2) is 6.10 Å². The normalized spacial score (nSPS) is 11.7. The second kappa shape index (κ2) is 8.87. The number of carbonyl (C=O) groups is 2. The third-order valence-electron chi connectivity index (χ3n) is 3.59. The molecule has 138 valence electrons. The maximum absolute atomic E-state index is 12.8. The molecule has 2 aromatic rings. The van der Waals surface area contributed by atoms with E-state index in [-0.39, 0.29) is 27.1 Å². The molecule has 1 amide bonds. The van der Waals surface area contributed by atoms with Crippen LogP contribution in [0.25, 0.3) is 0 Å². The van der Waals surface area contributed by atoms with Crippen molar-refractivity contribution in [1.82, 2.24) is 5.32 Å². The molecule has 0 aromatic heterocycles. The number of nitrogens with two attached hydrogens (primary N) is 1. The van der Waals surface area contributed by atoms with Crippen molar-refractivity contribution in [3.05, 3.63) is 63.4 Å². The molecule has 2 aromatic carbocycles. The van der Waals surface area contributed by atoms with Crippen LogP contribution in [0, 0.1) is 5.82 Å². The van der Waals surface area contributed by atoms with Gasteiger partial charge in [0.1, 0.15) is 5.82 Å².